The van der Waals surface area contributed by atoms with Crippen LogP contribution in [0, 0.1) is 0 Å². The maximum Gasteiger partial charge on any atom is 0.105 e. The minimum absolute atomic E-state index is 0.886. The van der Waals surface area contributed by atoms with Gasteiger partial charge in [-0.25, -0.2) is 0 Å². The lowest BCUT2D eigenvalue weighted by Gasteiger charge is -2.21. The summed E-state index contributed by atoms with van der Waals surface area (Å²) in [5, 5.41) is 10.4. The highest BCUT2D eigenvalue weighted by Crippen LogP contribution is 2.21. The smallest absolute Gasteiger partial charge is 0.105 e. The van der Waals surface area contributed by atoms with Gasteiger partial charge in [0.25, 0.3) is 0 Å². The van der Waals surface area contributed by atoms with Gasteiger partial charge in [-0.1, -0.05) is 69.7 Å². The van der Waals surface area contributed by atoms with Gasteiger partial charge in [-0.05, 0) is 25.3 Å². The van der Waals surface area contributed by atoms with Gasteiger partial charge in [-0.2, -0.15) is 0 Å². The van der Waals surface area contributed by atoms with Crippen molar-refractivity contribution in [2.24, 2.45) is 0 Å². The lowest BCUT2D eigenvalue weighted by atomic mass is 9.93. The molecule has 0 saturated heterocycles. The van der Waals surface area contributed by atoms with Crippen molar-refractivity contribution in [3.63, 3.8) is 0 Å². The van der Waals surface area contributed by atoms with Crippen LogP contribution in [0.2, 0.25) is 0 Å². The van der Waals surface area contributed by atoms with E-state index in [1.165, 1.54) is 6.42 Å². The molecule has 0 aromatic carbocycles. The van der Waals surface area contributed by atoms with Gasteiger partial charge in [0, 0.05) is 0 Å². The summed E-state index contributed by atoms with van der Waals surface area (Å²) in [7, 11) is 0. The van der Waals surface area contributed by atoms with Crippen molar-refractivity contribution in [1.29, 1.82) is 0 Å². The number of unbranched alkanes of at least 4 members (excludes halogenated alkanes) is 2. The van der Waals surface area contributed by atoms with Gasteiger partial charge in [-0.15, -0.1) is 0 Å². The summed E-state index contributed by atoms with van der Waals surface area (Å²) >= 11 is 0. The monoisotopic (exact) mass is 234 g/mol. The summed E-state index contributed by atoms with van der Waals surface area (Å²) in [5.41, 5.74) is 0.0547. The largest absolute Gasteiger partial charge is 0.381 e. The summed E-state index contributed by atoms with van der Waals surface area (Å²) in [6.45, 7) is 9.71. The summed E-state index contributed by atoms with van der Waals surface area (Å²) in [5.74, 6) is 0. The van der Waals surface area contributed by atoms with Crippen molar-refractivity contribution in [1.82, 2.24) is 0 Å². The van der Waals surface area contributed by atoms with E-state index in [2.05, 4.69) is 26.5 Å². The molecule has 0 aliphatic rings. The topological polar surface area (TPSA) is 20.2 Å². The van der Waals surface area contributed by atoms with Gasteiger partial charge in [-0.3, -0.25) is 0 Å². The minimum atomic E-state index is -0.886. The lowest BCUT2D eigenvalue weighted by molar-refractivity contribution is 0.154. The first-order valence-corrected chi connectivity index (χ1v) is 6.48. The van der Waals surface area contributed by atoms with Crippen LogP contribution in [0.1, 0.15) is 46.5 Å². The van der Waals surface area contributed by atoms with Crippen molar-refractivity contribution in [2.75, 3.05) is 0 Å². The predicted octanol–water partition coefficient (Wildman–Crippen LogP) is 4.56. The van der Waals surface area contributed by atoms with Crippen LogP contribution in [0.15, 0.2) is 48.6 Å². The molecule has 0 amide bonds. The van der Waals surface area contributed by atoms with E-state index >= 15 is 0 Å². The maximum atomic E-state index is 10.4. The Balaban J connectivity index is 4.88. The Hall–Kier alpha value is -1.08. The number of aliphatic hydroxyl groups is 1. The summed E-state index contributed by atoms with van der Waals surface area (Å²) in [6.07, 6.45) is 15.8. The fraction of sp³-hybridized carbons (Fsp3) is 0.500. The quantitative estimate of drug-likeness (QED) is 0.371. The molecule has 0 spiro atoms. The lowest BCUT2D eigenvalue weighted by Crippen LogP contribution is -2.23. The summed E-state index contributed by atoms with van der Waals surface area (Å²) < 4.78 is 0. The molecule has 0 aliphatic carbocycles. The fourth-order valence-electron chi connectivity index (χ4n) is 1.52. The first kappa shape index (κ1) is 15.9. The molecule has 0 aromatic rings. The molecule has 0 heterocycles. The molecule has 0 bridgehead atoms. The second-order valence-corrected chi connectivity index (χ2v) is 4.35. The van der Waals surface area contributed by atoms with E-state index < -0.39 is 5.60 Å². The average Bonchev–Trinajstić information content (AvgIpc) is 2.31. The van der Waals surface area contributed by atoms with Crippen LogP contribution in [-0.2, 0) is 0 Å². The van der Waals surface area contributed by atoms with Crippen molar-refractivity contribution < 1.29 is 5.11 Å². The van der Waals surface area contributed by atoms with Crippen molar-refractivity contribution in [3.05, 3.63) is 48.6 Å². The summed E-state index contributed by atoms with van der Waals surface area (Å²) in [4.78, 5) is 0. The molecule has 0 radical (unpaired) electrons. The highest BCUT2D eigenvalue weighted by Gasteiger charge is 2.19. The highest BCUT2D eigenvalue weighted by molar-refractivity contribution is 5.34. The van der Waals surface area contributed by atoms with Crippen LogP contribution in [0.25, 0.3) is 0 Å². The molecule has 1 heteroatoms. The number of hydrogen-bond acceptors (Lipinski definition) is 1. The maximum absolute atomic E-state index is 10.4. The molecular weight excluding hydrogens is 208 g/mol. The normalized spacial score (nSPS) is 16.6. The van der Waals surface area contributed by atoms with Gasteiger partial charge >= 0.3 is 0 Å². The van der Waals surface area contributed by atoms with Crippen LogP contribution >= 0.6 is 0 Å². The molecule has 0 fully saturated rings. The molecular formula is C16H26O. The molecule has 1 N–H and O–H groups in total. The number of allylic oxidation sites excluding steroid dienone is 4. The van der Waals surface area contributed by atoms with Crippen LogP contribution in [-0.4, -0.2) is 10.7 Å². The standard InChI is InChI=1S/C16H26O/c1-5-8-11-13-15(12-9-6-2)16(4,17)14-10-7-3/h6,9-10,12-14,17H,2,5,7-8,11H2,1,3-4H3. The van der Waals surface area contributed by atoms with E-state index in [-0.39, 0.29) is 0 Å². The zero-order chi connectivity index (χ0) is 13.1. The van der Waals surface area contributed by atoms with Gasteiger partial charge < -0.3 is 5.11 Å². The van der Waals surface area contributed by atoms with Gasteiger partial charge in [0.05, 0.1) is 0 Å². The fourth-order valence-corrected chi connectivity index (χ4v) is 1.52. The second kappa shape index (κ2) is 9.00. The van der Waals surface area contributed by atoms with Crippen LogP contribution in [0.4, 0.5) is 0 Å². The SMILES string of the molecule is C=CC=CC(=CCCCC)C(C)(O)C=CCC. The third kappa shape index (κ3) is 6.96. The van der Waals surface area contributed by atoms with E-state index in [0.717, 1.165) is 24.8 Å². The van der Waals surface area contributed by atoms with E-state index in [0.29, 0.717) is 0 Å². The van der Waals surface area contributed by atoms with Crippen molar-refractivity contribution >= 4 is 0 Å². The van der Waals surface area contributed by atoms with E-state index in [1.54, 1.807) is 6.08 Å². The summed E-state index contributed by atoms with van der Waals surface area (Å²) in [6, 6.07) is 0. The Labute approximate surface area is 106 Å². The molecule has 1 unspecified atom stereocenters. The Morgan fingerprint density at radius 3 is 2.59 bits per heavy atom. The average molecular weight is 234 g/mol. The van der Waals surface area contributed by atoms with Crippen LogP contribution in [0.3, 0.4) is 0 Å². The molecule has 0 aliphatic heterocycles. The Kier molecular flexibility index (Phi) is 8.43. The van der Waals surface area contributed by atoms with Crippen LogP contribution < -0.4 is 0 Å². The van der Waals surface area contributed by atoms with Gasteiger partial charge in [0.15, 0.2) is 0 Å². The van der Waals surface area contributed by atoms with Gasteiger partial charge in [0.1, 0.15) is 5.60 Å². The molecule has 0 rings (SSSR count). The third-order valence-corrected chi connectivity index (χ3v) is 2.60. The van der Waals surface area contributed by atoms with E-state index in [1.807, 2.05) is 31.2 Å². The highest BCUT2D eigenvalue weighted by atomic mass is 16.3. The van der Waals surface area contributed by atoms with E-state index in [4.69, 9.17) is 0 Å². The van der Waals surface area contributed by atoms with E-state index in [9.17, 15) is 5.11 Å². The molecule has 1 atom stereocenters. The minimum Gasteiger partial charge on any atom is -0.381 e. The number of rotatable bonds is 8. The first-order chi connectivity index (χ1) is 8.08. The number of hydrogen-bond donors (Lipinski definition) is 1. The molecule has 0 aromatic heterocycles. The van der Waals surface area contributed by atoms with Crippen LogP contribution in [0.5, 0.6) is 0 Å². The molecule has 0 saturated carbocycles. The predicted molar refractivity (Wildman–Crippen MR) is 77.0 cm³/mol. The first-order valence-electron chi connectivity index (χ1n) is 6.48. The Morgan fingerprint density at radius 1 is 1.35 bits per heavy atom. The second-order valence-electron chi connectivity index (χ2n) is 4.35. The zero-order valence-corrected chi connectivity index (χ0v) is 11.4. The van der Waals surface area contributed by atoms with Crippen molar-refractivity contribution in [3.8, 4) is 0 Å². The zero-order valence-electron chi connectivity index (χ0n) is 11.4. The Morgan fingerprint density at radius 2 is 2.06 bits per heavy atom. The van der Waals surface area contributed by atoms with Crippen molar-refractivity contribution in [2.45, 2.75) is 52.1 Å². The molecule has 1 nitrogen and oxygen atoms in total. The molecule has 96 valence electrons. The Bertz CT molecular complexity index is 293. The van der Waals surface area contributed by atoms with Gasteiger partial charge in [0.2, 0.25) is 0 Å². The molecule has 17 heavy (non-hydrogen) atoms. The third-order valence-electron chi connectivity index (χ3n) is 2.60.